The van der Waals surface area contributed by atoms with Crippen molar-refractivity contribution in [2.24, 2.45) is 0 Å². The summed E-state index contributed by atoms with van der Waals surface area (Å²) in [4.78, 5) is 2.29. The standard InChI is InChI=1S/C14H23N3O3S/c1-16-21(19,20)14-10-11(15)6-7-13(14)17(8-3-9-18)12-4-2-5-12/h6-7,10,12,16,18H,2-5,8-9,15H2,1H3. The maximum atomic E-state index is 12.2. The summed E-state index contributed by atoms with van der Waals surface area (Å²) in [7, 11) is -2.18. The average molecular weight is 313 g/mol. The van der Waals surface area contributed by atoms with Crippen LogP contribution in [0.1, 0.15) is 25.7 Å². The molecule has 6 nitrogen and oxygen atoms in total. The Kier molecular flexibility index (Phi) is 5.08. The monoisotopic (exact) mass is 313 g/mol. The molecule has 4 N–H and O–H groups in total. The van der Waals surface area contributed by atoms with Crippen molar-refractivity contribution in [2.75, 3.05) is 30.8 Å². The van der Waals surface area contributed by atoms with Gasteiger partial charge in [0.15, 0.2) is 0 Å². The molecule has 21 heavy (non-hydrogen) atoms. The lowest BCUT2D eigenvalue weighted by Gasteiger charge is -2.40. The minimum Gasteiger partial charge on any atom is -0.399 e. The largest absolute Gasteiger partial charge is 0.399 e. The molecule has 0 saturated heterocycles. The van der Waals surface area contributed by atoms with Crippen molar-refractivity contribution < 1.29 is 13.5 Å². The van der Waals surface area contributed by atoms with E-state index in [2.05, 4.69) is 9.62 Å². The highest BCUT2D eigenvalue weighted by molar-refractivity contribution is 7.89. The van der Waals surface area contributed by atoms with Gasteiger partial charge < -0.3 is 15.7 Å². The Bertz CT molecular complexity index is 585. The number of aliphatic hydroxyl groups excluding tert-OH is 1. The lowest BCUT2D eigenvalue weighted by atomic mass is 9.91. The van der Waals surface area contributed by atoms with E-state index in [4.69, 9.17) is 10.8 Å². The first-order valence-corrected chi connectivity index (χ1v) is 8.68. The van der Waals surface area contributed by atoms with Crippen LogP contribution < -0.4 is 15.4 Å². The number of nitrogens with two attached hydrogens (primary N) is 1. The van der Waals surface area contributed by atoms with Crippen molar-refractivity contribution >= 4 is 21.4 Å². The molecule has 1 saturated carbocycles. The van der Waals surface area contributed by atoms with Crippen molar-refractivity contribution in [1.29, 1.82) is 0 Å². The van der Waals surface area contributed by atoms with Gasteiger partial charge in [-0.2, -0.15) is 0 Å². The summed E-state index contributed by atoms with van der Waals surface area (Å²) in [5.41, 5.74) is 6.83. The predicted octanol–water partition coefficient (Wildman–Crippen LogP) is 0.918. The van der Waals surface area contributed by atoms with E-state index < -0.39 is 10.0 Å². The van der Waals surface area contributed by atoms with E-state index in [-0.39, 0.29) is 11.5 Å². The molecule has 7 heteroatoms. The highest BCUT2D eigenvalue weighted by Crippen LogP contribution is 2.34. The highest BCUT2D eigenvalue weighted by atomic mass is 32.2. The number of anilines is 2. The Balaban J connectivity index is 2.43. The van der Waals surface area contributed by atoms with Crippen molar-refractivity contribution in [3.05, 3.63) is 18.2 Å². The van der Waals surface area contributed by atoms with Crippen LogP contribution in [0.4, 0.5) is 11.4 Å². The van der Waals surface area contributed by atoms with E-state index >= 15 is 0 Å². The van der Waals surface area contributed by atoms with E-state index in [0.29, 0.717) is 30.4 Å². The number of nitrogen functional groups attached to an aromatic ring is 1. The van der Waals surface area contributed by atoms with Gasteiger partial charge in [0, 0.05) is 24.9 Å². The zero-order valence-electron chi connectivity index (χ0n) is 12.2. The van der Waals surface area contributed by atoms with Crippen LogP contribution in [0.15, 0.2) is 23.1 Å². The maximum absolute atomic E-state index is 12.2. The third kappa shape index (κ3) is 3.48. The van der Waals surface area contributed by atoms with Crippen molar-refractivity contribution in [2.45, 2.75) is 36.6 Å². The number of nitrogens with zero attached hydrogens (tertiary/aromatic N) is 1. The number of sulfonamides is 1. The van der Waals surface area contributed by atoms with Crippen molar-refractivity contribution in [3.8, 4) is 0 Å². The minimum absolute atomic E-state index is 0.0896. The first kappa shape index (κ1) is 16.1. The molecule has 1 aromatic rings. The topological polar surface area (TPSA) is 95.7 Å². The zero-order chi connectivity index (χ0) is 15.5. The van der Waals surface area contributed by atoms with Crippen LogP contribution in [0.3, 0.4) is 0 Å². The molecule has 118 valence electrons. The Morgan fingerprint density at radius 3 is 2.67 bits per heavy atom. The summed E-state index contributed by atoms with van der Waals surface area (Å²) in [5, 5.41) is 9.08. The van der Waals surface area contributed by atoms with Gasteiger partial charge in [0.05, 0.1) is 5.69 Å². The van der Waals surface area contributed by atoms with Crippen LogP contribution in [0.25, 0.3) is 0 Å². The fraction of sp³-hybridized carbons (Fsp3) is 0.571. The second-order valence-corrected chi connectivity index (χ2v) is 7.14. The van der Waals surface area contributed by atoms with Gasteiger partial charge in [0.25, 0.3) is 0 Å². The molecule has 1 aliphatic carbocycles. The molecule has 0 radical (unpaired) electrons. The number of benzene rings is 1. The number of aliphatic hydroxyl groups is 1. The van der Waals surface area contributed by atoms with E-state index in [1.165, 1.54) is 13.1 Å². The molecule has 0 spiro atoms. The van der Waals surface area contributed by atoms with Gasteiger partial charge in [-0.25, -0.2) is 13.1 Å². The number of rotatable bonds is 7. The highest BCUT2D eigenvalue weighted by Gasteiger charge is 2.29. The van der Waals surface area contributed by atoms with E-state index in [1.54, 1.807) is 12.1 Å². The normalized spacial score (nSPS) is 15.7. The molecule has 2 rings (SSSR count). The van der Waals surface area contributed by atoms with Gasteiger partial charge >= 0.3 is 0 Å². The second-order valence-electron chi connectivity index (χ2n) is 5.29. The molecule has 0 heterocycles. The van der Waals surface area contributed by atoms with Gasteiger partial charge in [-0.1, -0.05) is 0 Å². The van der Waals surface area contributed by atoms with Crippen LogP contribution in [-0.2, 0) is 10.0 Å². The molecule has 0 aliphatic heterocycles. The minimum atomic E-state index is -3.57. The third-order valence-corrected chi connectivity index (χ3v) is 5.37. The quantitative estimate of drug-likeness (QED) is 0.651. The number of hydrogen-bond donors (Lipinski definition) is 3. The summed E-state index contributed by atoms with van der Waals surface area (Å²) in [6, 6.07) is 5.31. The van der Waals surface area contributed by atoms with Gasteiger partial charge in [0.1, 0.15) is 4.90 Å². The molecular formula is C14H23N3O3S. The lowest BCUT2D eigenvalue weighted by Crippen LogP contribution is -2.42. The molecule has 0 amide bonds. The molecule has 1 aliphatic rings. The predicted molar refractivity (Wildman–Crippen MR) is 83.8 cm³/mol. The SMILES string of the molecule is CNS(=O)(=O)c1cc(N)ccc1N(CCCO)C1CCC1. The van der Waals surface area contributed by atoms with Crippen LogP contribution >= 0.6 is 0 Å². The molecule has 0 bridgehead atoms. The Labute approximate surface area is 126 Å². The molecule has 0 unspecified atom stereocenters. The van der Waals surface area contributed by atoms with Gasteiger partial charge in [-0.15, -0.1) is 0 Å². The summed E-state index contributed by atoms with van der Waals surface area (Å²) in [5.74, 6) is 0. The van der Waals surface area contributed by atoms with Gasteiger partial charge in [-0.05, 0) is 50.9 Å². The fourth-order valence-corrected chi connectivity index (χ4v) is 3.50. The number of nitrogens with one attached hydrogen (secondary N) is 1. The fourth-order valence-electron chi connectivity index (χ4n) is 2.53. The molecule has 1 fully saturated rings. The van der Waals surface area contributed by atoms with Gasteiger partial charge in [0.2, 0.25) is 10.0 Å². The smallest absolute Gasteiger partial charge is 0.242 e. The Morgan fingerprint density at radius 1 is 1.43 bits per heavy atom. The molecule has 1 aromatic carbocycles. The first-order chi connectivity index (χ1) is 9.99. The van der Waals surface area contributed by atoms with E-state index in [1.807, 2.05) is 0 Å². The van der Waals surface area contributed by atoms with Gasteiger partial charge in [-0.3, -0.25) is 0 Å². The van der Waals surface area contributed by atoms with Crippen molar-refractivity contribution in [1.82, 2.24) is 4.72 Å². The number of hydrogen-bond acceptors (Lipinski definition) is 5. The molecule has 0 atom stereocenters. The van der Waals surface area contributed by atoms with Crippen molar-refractivity contribution in [3.63, 3.8) is 0 Å². The summed E-state index contributed by atoms with van der Waals surface area (Å²) >= 11 is 0. The zero-order valence-corrected chi connectivity index (χ0v) is 13.1. The molecule has 0 aromatic heterocycles. The first-order valence-electron chi connectivity index (χ1n) is 7.20. The Morgan fingerprint density at radius 2 is 2.14 bits per heavy atom. The maximum Gasteiger partial charge on any atom is 0.242 e. The molecular weight excluding hydrogens is 290 g/mol. The summed E-state index contributed by atoms with van der Waals surface area (Å²) in [6.07, 6.45) is 3.87. The Hall–Kier alpha value is -1.31. The van der Waals surface area contributed by atoms with Crippen LogP contribution in [0.5, 0.6) is 0 Å². The summed E-state index contributed by atoms with van der Waals surface area (Å²) in [6.45, 7) is 0.726. The van der Waals surface area contributed by atoms with E-state index in [9.17, 15) is 8.42 Å². The second kappa shape index (κ2) is 6.64. The summed E-state index contributed by atoms with van der Waals surface area (Å²) < 4.78 is 26.8. The van der Waals surface area contributed by atoms with Crippen LogP contribution in [0.2, 0.25) is 0 Å². The average Bonchev–Trinajstić information content (AvgIpc) is 2.41. The lowest BCUT2D eigenvalue weighted by molar-refractivity contribution is 0.282. The van der Waals surface area contributed by atoms with Crippen LogP contribution in [-0.4, -0.2) is 39.8 Å². The van der Waals surface area contributed by atoms with Crippen LogP contribution in [0, 0.1) is 0 Å². The third-order valence-electron chi connectivity index (χ3n) is 3.92. The van der Waals surface area contributed by atoms with E-state index in [0.717, 1.165) is 19.3 Å².